The molecule has 0 aliphatic heterocycles. The van der Waals surface area contributed by atoms with E-state index in [4.69, 9.17) is 14.8 Å². The highest BCUT2D eigenvalue weighted by molar-refractivity contribution is 6.09. The van der Waals surface area contributed by atoms with Gasteiger partial charge in [0.15, 0.2) is 0 Å². The first-order valence-corrected chi connectivity index (χ1v) is 17.5. The molecular formula is C44H46N4O. The lowest BCUT2D eigenvalue weighted by Crippen LogP contribution is -2.07. The van der Waals surface area contributed by atoms with Gasteiger partial charge in [-0.1, -0.05) is 77.1 Å². The van der Waals surface area contributed by atoms with E-state index in [1.54, 1.807) is 0 Å². The normalized spacial score (nSPS) is 12.6. The van der Waals surface area contributed by atoms with Crippen molar-refractivity contribution in [1.29, 1.82) is 0 Å². The summed E-state index contributed by atoms with van der Waals surface area (Å²) in [5.74, 6) is 2.95. The summed E-state index contributed by atoms with van der Waals surface area (Å²) >= 11 is 0. The van der Waals surface area contributed by atoms with E-state index in [1.807, 2.05) is 29.1 Å². The van der Waals surface area contributed by atoms with Crippen LogP contribution < -0.4 is 4.74 Å². The van der Waals surface area contributed by atoms with E-state index < -0.39 is 0 Å². The predicted octanol–water partition coefficient (Wildman–Crippen LogP) is 11.9. The highest BCUT2D eigenvalue weighted by Gasteiger charge is 2.18. The standard InChI is InChI=1S/C44H46N4O/c1-8-29(2)34-17-20-40-39(26-34)38-19-18-37(28-41(38)47(40)42-25-32(22-24-45-42)21-23-44(5,6)7)49-36-16-12-15-35(27-36)48-31(4)43(30(3)46-48)33-13-10-9-11-14-33/h9-20,22,24-29H,8,21,23H2,1-7H3. The molecule has 0 fully saturated rings. The molecule has 0 saturated heterocycles. The SMILES string of the molecule is CCC(C)c1ccc2c(c1)c1ccc(Oc3cccc(-n4nc(C)c(-c5ccccc5)c4C)c3)cc1n2-c1cc(CCC(C)(C)C)ccn1. The molecule has 0 aliphatic rings. The fourth-order valence-electron chi connectivity index (χ4n) is 6.86. The highest BCUT2D eigenvalue weighted by atomic mass is 16.5. The number of hydrogen-bond acceptors (Lipinski definition) is 3. The average Bonchev–Trinajstić information content (AvgIpc) is 3.59. The molecule has 7 rings (SSSR count). The van der Waals surface area contributed by atoms with Gasteiger partial charge >= 0.3 is 0 Å². The van der Waals surface area contributed by atoms with Gasteiger partial charge in [-0.15, -0.1) is 0 Å². The van der Waals surface area contributed by atoms with Gasteiger partial charge in [0.25, 0.3) is 0 Å². The molecule has 49 heavy (non-hydrogen) atoms. The van der Waals surface area contributed by atoms with Crippen molar-refractivity contribution in [2.24, 2.45) is 5.41 Å². The van der Waals surface area contributed by atoms with Crippen LogP contribution in [0.25, 0.3) is 44.4 Å². The van der Waals surface area contributed by atoms with Crippen molar-refractivity contribution in [1.82, 2.24) is 19.3 Å². The van der Waals surface area contributed by atoms with E-state index in [0.29, 0.717) is 5.92 Å². The summed E-state index contributed by atoms with van der Waals surface area (Å²) in [6, 6.07) is 36.4. The molecule has 5 nitrogen and oxygen atoms in total. The number of fused-ring (bicyclic) bond motifs is 3. The van der Waals surface area contributed by atoms with E-state index in [2.05, 4.69) is 138 Å². The van der Waals surface area contributed by atoms with Crippen LogP contribution in [0.15, 0.2) is 109 Å². The predicted molar refractivity (Wildman–Crippen MR) is 204 cm³/mol. The van der Waals surface area contributed by atoms with Crippen LogP contribution in [-0.2, 0) is 6.42 Å². The van der Waals surface area contributed by atoms with Crippen molar-refractivity contribution in [3.63, 3.8) is 0 Å². The summed E-state index contributed by atoms with van der Waals surface area (Å²) in [6.45, 7) is 15.6. The minimum absolute atomic E-state index is 0.269. The third kappa shape index (κ3) is 6.50. The molecule has 0 N–H and O–H groups in total. The second kappa shape index (κ2) is 13.0. The Morgan fingerprint density at radius 2 is 1.57 bits per heavy atom. The van der Waals surface area contributed by atoms with Crippen molar-refractivity contribution in [2.45, 2.75) is 73.6 Å². The molecule has 0 saturated carbocycles. The van der Waals surface area contributed by atoms with Crippen LogP contribution >= 0.6 is 0 Å². The maximum atomic E-state index is 6.60. The first-order chi connectivity index (χ1) is 23.6. The number of rotatable bonds is 9. The zero-order chi connectivity index (χ0) is 34.3. The number of pyridine rings is 1. The topological polar surface area (TPSA) is 44.9 Å². The molecule has 0 radical (unpaired) electrons. The van der Waals surface area contributed by atoms with E-state index in [1.165, 1.54) is 27.5 Å². The second-order valence-corrected chi connectivity index (χ2v) is 14.6. The quantitative estimate of drug-likeness (QED) is 0.157. The maximum Gasteiger partial charge on any atom is 0.137 e. The molecule has 1 atom stereocenters. The van der Waals surface area contributed by atoms with Crippen LogP contribution in [0, 0.1) is 19.3 Å². The summed E-state index contributed by atoms with van der Waals surface area (Å²) in [6.07, 6.45) is 5.18. The number of aromatic nitrogens is 4. The van der Waals surface area contributed by atoms with Gasteiger partial charge in [0.1, 0.15) is 17.3 Å². The van der Waals surface area contributed by atoms with Crippen molar-refractivity contribution in [3.05, 3.63) is 132 Å². The first kappa shape index (κ1) is 32.4. The Hall–Kier alpha value is -5.16. The highest BCUT2D eigenvalue weighted by Crippen LogP contribution is 2.37. The van der Waals surface area contributed by atoms with E-state index in [0.717, 1.165) is 70.3 Å². The van der Waals surface area contributed by atoms with Crippen LogP contribution in [0.1, 0.15) is 75.9 Å². The second-order valence-electron chi connectivity index (χ2n) is 14.6. The summed E-state index contributed by atoms with van der Waals surface area (Å²) in [5.41, 5.74) is 10.6. The monoisotopic (exact) mass is 646 g/mol. The molecule has 248 valence electrons. The van der Waals surface area contributed by atoms with E-state index >= 15 is 0 Å². The summed E-state index contributed by atoms with van der Waals surface area (Å²) < 4.78 is 10.9. The minimum atomic E-state index is 0.269. The van der Waals surface area contributed by atoms with Crippen LogP contribution in [0.2, 0.25) is 0 Å². The fourth-order valence-corrected chi connectivity index (χ4v) is 6.86. The minimum Gasteiger partial charge on any atom is -0.457 e. The lowest BCUT2D eigenvalue weighted by atomic mass is 9.89. The molecule has 4 aromatic carbocycles. The smallest absolute Gasteiger partial charge is 0.137 e. The first-order valence-electron chi connectivity index (χ1n) is 17.5. The Kier molecular flexibility index (Phi) is 8.62. The molecular weight excluding hydrogens is 601 g/mol. The number of nitrogens with zero attached hydrogens (tertiary/aromatic N) is 4. The van der Waals surface area contributed by atoms with Gasteiger partial charge in [-0.05, 0) is 110 Å². The zero-order valence-corrected chi connectivity index (χ0v) is 29.8. The molecule has 3 heterocycles. The van der Waals surface area contributed by atoms with Crippen molar-refractivity contribution in [2.75, 3.05) is 0 Å². The maximum absolute atomic E-state index is 6.60. The molecule has 0 bridgehead atoms. The van der Waals surface area contributed by atoms with Crippen LogP contribution in [-0.4, -0.2) is 19.3 Å². The van der Waals surface area contributed by atoms with Crippen LogP contribution in [0.5, 0.6) is 11.5 Å². The van der Waals surface area contributed by atoms with Gasteiger partial charge in [-0.2, -0.15) is 5.10 Å². The molecule has 0 aliphatic carbocycles. The number of hydrogen-bond donors (Lipinski definition) is 0. The lowest BCUT2D eigenvalue weighted by Gasteiger charge is -2.18. The largest absolute Gasteiger partial charge is 0.457 e. The Balaban J connectivity index is 1.29. The zero-order valence-electron chi connectivity index (χ0n) is 29.8. The molecule has 3 aromatic heterocycles. The number of aryl methyl sites for hydroxylation is 2. The third-order valence-electron chi connectivity index (χ3n) is 9.80. The van der Waals surface area contributed by atoms with Crippen LogP contribution in [0.3, 0.4) is 0 Å². The van der Waals surface area contributed by atoms with Gasteiger partial charge < -0.3 is 4.74 Å². The lowest BCUT2D eigenvalue weighted by molar-refractivity contribution is 0.378. The van der Waals surface area contributed by atoms with Crippen molar-refractivity contribution < 1.29 is 4.74 Å². The van der Waals surface area contributed by atoms with Gasteiger partial charge in [-0.25, -0.2) is 9.67 Å². The van der Waals surface area contributed by atoms with Crippen molar-refractivity contribution in [3.8, 4) is 34.1 Å². The summed E-state index contributed by atoms with van der Waals surface area (Å²) in [5, 5.41) is 7.36. The fraction of sp³-hybridized carbons (Fsp3) is 0.273. The Morgan fingerprint density at radius 3 is 2.35 bits per heavy atom. The molecule has 0 spiro atoms. The summed E-state index contributed by atoms with van der Waals surface area (Å²) in [4.78, 5) is 4.91. The van der Waals surface area contributed by atoms with Crippen molar-refractivity contribution >= 4 is 21.8 Å². The summed E-state index contributed by atoms with van der Waals surface area (Å²) in [7, 11) is 0. The van der Waals surface area contributed by atoms with Gasteiger partial charge in [0.2, 0.25) is 0 Å². The molecule has 1 unspecified atom stereocenters. The molecule has 5 heteroatoms. The average molecular weight is 647 g/mol. The Labute approximate surface area is 290 Å². The third-order valence-corrected chi connectivity index (χ3v) is 9.80. The molecule has 0 amide bonds. The van der Waals surface area contributed by atoms with E-state index in [-0.39, 0.29) is 5.41 Å². The van der Waals surface area contributed by atoms with Gasteiger partial charge in [-0.3, -0.25) is 4.57 Å². The number of ether oxygens (including phenoxy) is 1. The Bertz CT molecular complexity index is 2270. The van der Waals surface area contributed by atoms with Gasteiger partial charge in [0.05, 0.1) is 22.4 Å². The Morgan fingerprint density at radius 1 is 0.776 bits per heavy atom. The number of benzene rings is 4. The van der Waals surface area contributed by atoms with Crippen LogP contribution in [0.4, 0.5) is 0 Å². The molecule has 7 aromatic rings. The van der Waals surface area contributed by atoms with E-state index in [9.17, 15) is 0 Å². The van der Waals surface area contributed by atoms with Gasteiger partial charge in [0, 0.05) is 40.4 Å².